The molecular weight excluding hydrogens is 342 g/mol. The SMILES string of the molecule is O=P(O)(O)OP(=O)(O)OCCS(=O)(=O)c1cccs1. The molecule has 0 radical (unpaired) electrons. The zero-order valence-electron chi connectivity index (χ0n) is 9.15. The molecule has 13 heteroatoms. The van der Waals surface area contributed by atoms with Crippen LogP contribution in [0.15, 0.2) is 21.7 Å². The Morgan fingerprint density at radius 1 is 1.26 bits per heavy atom. The van der Waals surface area contributed by atoms with Gasteiger partial charge in [0.05, 0.1) is 12.4 Å². The van der Waals surface area contributed by atoms with E-state index in [9.17, 15) is 17.5 Å². The summed E-state index contributed by atoms with van der Waals surface area (Å²) in [6, 6.07) is 2.87. The van der Waals surface area contributed by atoms with Gasteiger partial charge in [0.25, 0.3) is 0 Å². The molecule has 0 spiro atoms. The Morgan fingerprint density at radius 3 is 2.37 bits per heavy atom. The molecule has 19 heavy (non-hydrogen) atoms. The van der Waals surface area contributed by atoms with Crippen LogP contribution in [-0.2, 0) is 27.8 Å². The van der Waals surface area contributed by atoms with Crippen molar-refractivity contribution in [3.8, 4) is 0 Å². The molecule has 0 saturated heterocycles. The summed E-state index contributed by atoms with van der Waals surface area (Å²) in [4.78, 5) is 25.5. The van der Waals surface area contributed by atoms with Crippen molar-refractivity contribution in [3.63, 3.8) is 0 Å². The monoisotopic (exact) mass is 352 g/mol. The summed E-state index contributed by atoms with van der Waals surface area (Å²) in [7, 11) is -13.9. The van der Waals surface area contributed by atoms with E-state index in [1.54, 1.807) is 5.38 Å². The molecule has 1 aromatic heterocycles. The predicted molar refractivity (Wildman–Crippen MR) is 65.3 cm³/mol. The lowest BCUT2D eigenvalue weighted by Gasteiger charge is -2.12. The van der Waals surface area contributed by atoms with Crippen molar-refractivity contribution in [3.05, 3.63) is 17.5 Å². The molecular formula is C6H10O9P2S2. The van der Waals surface area contributed by atoms with Gasteiger partial charge < -0.3 is 14.7 Å². The van der Waals surface area contributed by atoms with Gasteiger partial charge in [-0.25, -0.2) is 17.5 Å². The average Bonchev–Trinajstić information content (AvgIpc) is 2.64. The minimum atomic E-state index is -5.20. The summed E-state index contributed by atoms with van der Waals surface area (Å²) in [6.07, 6.45) is 0. The highest BCUT2D eigenvalue weighted by Crippen LogP contribution is 2.57. The minimum absolute atomic E-state index is 0.0554. The van der Waals surface area contributed by atoms with Gasteiger partial charge in [-0.05, 0) is 11.4 Å². The van der Waals surface area contributed by atoms with E-state index in [2.05, 4.69) is 8.83 Å². The topological polar surface area (TPSA) is 147 Å². The van der Waals surface area contributed by atoms with E-state index in [-0.39, 0.29) is 4.21 Å². The molecule has 1 unspecified atom stereocenters. The van der Waals surface area contributed by atoms with Crippen LogP contribution in [0.2, 0.25) is 0 Å². The predicted octanol–water partition coefficient (Wildman–Crippen LogP) is 0.748. The third kappa shape index (κ3) is 6.26. The Morgan fingerprint density at radius 2 is 1.89 bits per heavy atom. The highest BCUT2D eigenvalue weighted by atomic mass is 32.2. The summed E-state index contributed by atoms with van der Waals surface area (Å²) in [5.74, 6) is -0.622. The number of rotatable bonds is 7. The first-order valence-corrected chi connectivity index (χ1v) is 10.1. The fourth-order valence-corrected chi connectivity index (χ4v) is 4.91. The molecule has 1 heterocycles. The van der Waals surface area contributed by atoms with Crippen molar-refractivity contribution in [1.29, 1.82) is 0 Å². The largest absolute Gasteiger partial charge is 0.481 e. The van der Waals surface area contributed by atoms with Crippen molar-refractivity contribution < 1.29 is 41.1 Å². The van der Waals surface area contributed by atoms with Crippen molar-refractivity contribution in [2.24, 2.45) is 0 Å². The Bertz CT molecular complexity index is 601. The first-order chi connectivity index (χ1) is 8.52. The molecule has 0 aliphatic heterocycles. The maximum atomic E-state index is 11.6. The summed E-state index contributed by atoms with van der Waals surface area (Å²) >= 11 is 0.967. The van der Waals surface area contributed by atoms with E-state index in [0.717, 1.165) is 11.3 Å². The number of sulfone groups is 1. The van der Waals surface area contributed by atoms with Crippen LogP contribution < -0.4 is 0 Å². The fraction of sp³-hybridized carbons (Fsp3) is 0.333. The zero-order valence-corrected chi connectivity index (χ0v) is 12.6. The number of phosphoric acid groups is 2. The van der Waals surface area contributed by atoms with Gasteiger partial charge in [0.2, 0.25) is 0 Å². The molecule has 0 amide bonds. The van der Waals surface area contributed by atoms with Gasteiger partial charge in [-0.3, -0.25) is 4.52 Å². The van der Waals surface area contributed by atoms with E-state index in [1.807, 2.05) is 0 Å². The highest BCUT2D eigenvalue weighted by Gasteiger charge is 2.32. The van der Waals surface area contributed by atoms with Crippen LogP contribution >= 0.6 is 27.0 Å². The first kappa shape index (κ1) is 17.0. The van der Waals surface area contributed by atoms with E-state index >= 15 is 0 Å². The van der Waals surface area contributed by atoms with Crippen LogP contribution in [0.3, 0.4) is 0 Å². The number of thiophene rings is 1. The molecule has 0 aliphatic carbocycles. The van der Waals surface area contributed by atoms with Crippen molar-refractivity contribution in [1.82, 2.24) is 0 Å². The number of hydrogen-bond acceptors (Lipinski definition) is 7. The lowest BCUT2D eigenvalue weighted by Crippen LogP contribution is -2.11. The van der Waals surface area contributed by atoms with Crippen LogP contribution in [-0.4, -0.2) is 35.5 Å². The van der Waals surface area contributed by atoms with Crippen LogP contribution in [0.25, 0.3) is 0 Å². The molecule has 3 N–H and O–H groups in total. The van der Waals surface area contributed by atoms with Gasteiger partial charge in [-0.1, -0.05) is 6.07 Å². The van der Waals surface area contributed by atoms with Gasteiger partial charge in [-0.2, -0.15) is 4.31 Å². The van der Waals surface area contributed by atoms with E-state index in [0.29, 0.717) is 0 Å². The third-order valence-corrected chi connectivity index (χ3v) is 6.97. The second kappa shape index (κ2) is 6.13. The molecule has 1 aromatic rings. The van der Waals surface area contributed by atoms with Crippen LogP contribution in [0.4, 0.5) is 0 Å². The number of hydrogen-bond donors (Lipinski definition) is 3. The molecule has 9 nitrogen and oxygen atoms in total. The Balaban J connectivity index is 2.56. The van der Waals surface area contributed by atoms with Gasteiger partial charge in [0, 0.05) is 0 Å². The summed E-state index contributed by atoms with van der Waals surface area (Å²) in [5, 5.41) is 1.54. The third-order valence-electron chi connectivity index (χ3n) is 1.62. The Hall–Kier alpha value is -0.0900. The van der Waals surface area contributed by atoms with Crippen molar-refractivity contribution in [2.75, 3.05) is 12.4 Å². The van der Waals surface area contributed by atoms with E-state index < -0.39 is 37.8 Å². The summed E-state index contributed by atoms with van der Waals surface area (Å²) < 4.78 is 52.3. The van der Waals surface area contributed by atoms with Gasteiger partial charge in [0.15, 0.2) is 9.84 Å². The first-order valence-electron chi connectivity index (χ1n) is 4.52. The van der Waals surface area contributed by atoms with E-state index in [1.165, 1.54) is 12.1 Å². The zero-order chi connectivity index (χ0) is 14.7. The maximum Gasteiger partial charge on any atom is 0.481 e. The molecule has 0 aliphatic rings. The van der Waals surface area contributed by atoms with Crippen LogP contribution in [0.1, 0.15) is 0 Å². The molecule has 0 fully saturated rings. The summed E-state index contributed by atoms with van der Waals surface area (Å²) in [6.45, 7) is -0.742. The second-order valence-corrected chi connectivity index (χ2v) is 9.24. The Labute approximate surface area is 112 Å². The lowest BCUT2D eigenvalue weighted by molar-refractivity contribution is 0.185. The molecule has 1 rings (SSSR count). The van der Waals surface area contributed by atoms with Gasteiger partial charge >= 0.3 is 15.6 Å². The minimum Gasteiger partial charge on any atom is -0.302 e. The standard InChI is InChI=1S/C6H10O9P2S2/c7-16(8,9)15-17(10,11)14-3-5-19(12,13)6-2-1-4-18-6/h1-2,4H,3,5H2,(H,10,11)(H2,7,8,9). The lowest BCUT2D eigenvalue weighted by atomic mass is 10.7. The smallest absolute Gasteiger partial charge is 0.302 e. The fourth-order valence-electron chi connectivity index (χ4n) is 0.961. The molecule has 0 saturated carbocycles. The van der Waals surface area contributed by atoms with Gasteiger partial charge in [0.1, 0.15) is 4.21 Å². The molecule has 0 aromatic carbocycles. The number of phosphoric ester groups is 1. The quantitative estimate of drug-likeness (QED) is 0.604. The van der Waals surface area contributed by atoms with Gasteiger partial charge in [-0.15, -0.1) is 11.3 Å². The highest BCUT2D eigenvalue weighted by molar-refractivity contribution is 7.93. The van der Waals surface area contributed by atoms with Crippen molar-refractivity contribution in [2.45, 2.75) is 4.21 Å². The van der Waals surface area contributed by atoms with Crippen molar-refractivity contribution >= 4 is 36.8 Å². The summed E-state index contributed by atoms with van der Waals surface area (Å²) in [5.41, 5.74) is 0. The Kier molecular flexibility index (Phi) is 5.47. The molecule has 110 valence electrons. The van der Waals surface area contributed by atoms with Crippen LogP contribution in [0.5, 0.6) is 0 Å². The molecule has 1 atom stereocenters. The normalized spacial score (nSPS) is 16.2. The van der Waals surface area contributed by atoms with E-state index in [4.69, 9.17) is 14.7 Å². The second-order valence-electron chi connectivity index (χ2n) is 3.12. The maximum absolute atomic E-state index is 11.6. The van der Waals surface area contributed by atoms with Crippen LogP contribution in [0, 0.1) is 0 Å². The molecule has 0 bridgehead atoms. The average molecular weight is 352 g/mol.